The lowest BCUT2D eigenvalue weighted by Crippen LogP contribution is -2.39. The molecule has 0 unspecified atom stereocenters. The van der Waals surface area contributed by atoms with Crippen molar-refractivity contribution >= 4 is 43.4 Å². The van der Waals surface area contributed by atoms with Crippen LogP contribution in [0.2, 0.25) is 0 Å². The molecule has 204 valence electrons. The summed E-state index contributed by atoms with van der Waals surface area (Å²) < 4.78 is 40.5. The topological polar surface area (TPSA) is 88.2 Å². The first-order valence-electron chi connectivity index (χ1n) is 12.1. The zero-order valence-electron chi connectivity index (χ0n) is 22.3. The Bertz CT molecular complexity index is 1340. The van der Waals surface area contributed by atoms with Crippen LogP contribution in [-0.4, -0.2) is 52.3 Å². The molecule has 3 aromatic rings. The summed E-state index contributed by atoms with van der Waals surface area (Å²) in [6.45, 7) is 6.97. The predicted molar refractivity (Wildman–Crippen MR) is 154 cm³/mol. The van der Waals surface area contributed by atoms with Crippen LogP contribution in [0.15, 0.2) is 82.2 Å². The molecule has 0 aliphatic carbocycles. The average molecular weight is 605 g/mol. The molecule has 0 heterocycles. The lowest BCUT2D eigenvalue weighted by Gasteiger charge is -2.29. The molecule has 0 bridgehead atoms. The molecule has 0 aliphatic rings. The van der Waals surface area contributed by atoms with E-state index in [9.17, 15) is 13.2 Å². The van der Waals surface area contributed by atoms with Gasteiger partial charge in [-0.15, -0.1) is 0 Å². The quantitative estimate of drug-likeness (QED) is 0.300. The van der Waals surface area contributed by atoms with E-state index < -0.39 is 21.7 Å². The Morgan fingerprint density at radius 3 is 2.34 bits per heavy atom. The van der Waals surface area contributed by atoms with Gasteiger partial charge >= 0.3 is 6.09 Å². The fourth-order valence-electron chi connectivity index (χ4n) is 3.64. The van der Waals surface area contributed by atoms with Crippen LogP contribution in [0.25, 0.3) is 0 Å². The van der Waals surface area contributed by atoms with E-state index in [-0.39, 0.29) is 10.6 Å². The summed E-state index contributed by atoms with van der Waals surface area (Å²) in [6, 6.07) is 21.9. The van der Waals surface area contributed by atoms with E-state index >= 15 is 0 Å². The number of benzene rings is 3. The Balaban J connectivity index is 1.85. The predicted octanol–water partition coefficient (Wildman–Crippen LogP) is 6.13. The second kappa shape index (κ2) is 12.5. The Hall–Kier alpha value is -3.24. The van der Waals surface area contributed by atoms with Crippen LogP contribution in [0.3, 0.4) is 0 Å². The number of likely N-dealkylation sites (N-methyl/N-ethyl adjacent to an activating group) is 1. The molecule has 0 fully saturated rings. The minimum atomic E-state index is -3.93. The number of hydrogen-bond donors (Lipinski definition) is 1. The SMILES string of the molecule is COc1ccc(Br)cc1S(=O)(=O)Nc1cccc(N(CCN(C)C(=O)OC(C)(C)C)Cc2ccccc2)c1. The molecule has 0 atom stereocenters. The van der Waals surface area contributed by atoms with Gasteiger partial charge in [0.25, 0.3) is 10.0 Å². The van der Waals surface area contributed by atoms with Gasteiger partial charge in [0.05, 0.1) is 12.8 Å². The van der Waals surface area contributed by atoms with E-state index in [1.807, 2.05) is 57.2 Å². The van der Waals surface area contributed by atoms with Gasteiger partial charge < -0.3 is 19.3 Å². The van der Waals surface area contributed by atoms with Crippen LogP contribution in [-0.2, 0) is 21.3 Å². The van der Waals surface area contributed by atoms with Crippen molar-refractivity contribution < 1.29 is 22.7 Å². The summed E-state index contributed by atoms with van der Waals surface area (Å²) in [4.78, 5) is 16.1. The van der Waals surface area contributed by atoms with E-state index in [0.29, 0.717) is 29.8 Å². The van der Waals surface area contributed by atoms with Gasteiger partial charge in [0.1, 0.15) is 16.2 Å². The van der Waals surface area contributed by atoms with Crippen molar-refractivity contribution in [2.24, 2.45) is 0 Å². The minimum absolute atomic E-state index is 0.0277. The van der Waals surface area contributed by atoms with Crippen molar-refractivity contribution in [3.8, 4) is 5.75 Å². The summed E-state index contributed by atoms with van der Waals surface area (Å²) in [7, 11) is -0.799. The number of sulfonamides is 1. The normalized spacial score (nSPS) is 11.5. The molecule has 38 heavy (non-hydrogen) atoms. The van der Waals surface area contributed by atoms with Crippen LogP contribution in [0.4, 0.5) is 16.2 Å². The number of amides is 1. The van der Waals surface area contributed by atoms with E-state index in [1.54, 1.807) is 37.4 Å². The fraction of sp³-hybridized carbons (Fsp3) is 0.321. The second-order valence-corrected chi connectivity index (χ2v) is 12.3. The first-order valence-corrected chi connectivity index (χ1v) is 14.3. The molecule has 0 saturated carbocycles. The van der Waals surface area contributed by atoms with E-state index in [4.69, 9.17) is 9.47 Å². The average Bonchev–Trinajstić information content (AvgIpc) is 2.85. The van der Waals surface area contributed by atoms with Crippen LogP contribution >= 0.6 is 15.9 Å². The van der Waals surface area contributed by atoms with E-state index in [1.165, 1.54) is 18.1 Å². The van der Waals surface area contributed by atoms with Crippen molar-refractivity contribution in [1.82, 2.24) is 4.90 Å². The molecule has 8 nitrogen and oxygen atoms in total. The van der Waals surface area contributed by atoms with Crippen LogP contribution in [0.5, 0.6) is 5.75 Å². The van der Waals surface area contributed by atoms with Crippen molar-refractivity contribution in [3.05, 3.63) is 82.8 Å². The largest absolute Gasteiger partial charge is 0.495 e. The van der Waals surface area contributed by atoms with Crippen LogP contribution in [0.1, 0.15) is 26.3 Å². The second-order valence-electron chi connectivity index (χ2n) is 9.76. The highest BCUT2D eigenvalue weighted by molar-refractivity contribution is 9.10. The number of rotatable bonds is 10. The molecule has 0 spiro atoms. The number of halogens is 1. The first kappa shape index (κ1) is 29.3. The van der Waals surface area contributed by atoms with Gasteiger partial charge in [0.2, 0.25) is 0 Å². The Morgan fingerprint density at radius 1 is 0.974 bits per heavy atom. The monoisotopic (exact) mass is 603 g/mol. The van der Waals surface area contributed by atoms with E-state index in [0.717, 1.165) is 11.3 Å². The number of nitrogens with one attached hydrogen (secondary N) is 1. The number of carbonyl (C=O) groups is 1. The zero-order valence-corrected chi connectivity index (χ0v) is 24.7. The van der Waals surface area contributed by atoms with Crippen LogP contribution in [0, 0.1) is 0 Å². The third-order valence-corrected chi connectivity index (χ3v) is 7.40. The highest BCUT2D eigenvalue weighted by atomic mass is 79.9. The third kappa shape index (κ3) is 8.39. The fourth-order valence-corrected chi connectivity index (χ4v) is 5.40. The summed E-state index contributed by atoms with van der Waals surface area (Å²) in [5.41, 5.74) is 1.70. The lowest BCUT2D eigenvalue weighted by atomic mass is 10.2. The molecule has 3 rings (SSSR count). The van der Waals surface area contributed by atoms with E-state index in [2.05, 4.69) is 25.6 Å². The number of nitrogens with zero attached hydrogens (tertiary/aromatic N) is 2. The summed E-state index contributed by atoms with van der Waals surface area (Å²) in [5, 5.41) is 0. The molecule has 0 saturated heterocycles. The highest BCUT2D eigenvalue weighted by Crippen LogP contribution is 2.30. The number of anilines is 2. The number of ether oxygens (including phenoxy) is 2. The van der Waals surface area contributed by atoms with Crippen molar-refractivity contribution in [2.75, 3.05) is 36.9 Å². The number of methoxy groups -OCH3 is 1. The Labute approximate surface area is 233 Å². The number of hydrogen-bond acceptors (Lipinski definition) is 6. The standard InChI is InChI=1S/C28H34BrN3O5S/c1-28(2,3)37-27(33)31(4)16-17-32(20-21-10-7-6-8-11-21)24-13-9-12-23(19-24)30-38(34,35)26-18-22(29)14-15-25(26)36-5/h6-15,18-19,30H,16-17,20H2,1-5H3. The van der Waals surface area contributed by atoms with Gasteiger partial charge in [-0.3, -0.25) is 4.72 Å². The summed E-state index contributed by atoms with van der Waals surface area (Å²) >= 11 is 3.33. The van der Waals surface area contributed by atoms with Crippen molar-refractivity contribution in [1.29, 1.82) is 0 Å². The maximum absolute atomic E-state index is 13.2. The molecule has 10 heteroatoms. The highest BCUT2D eigenvalue weighted by Gasteiger charge is 2.22. The molecule has 0 radical (unpaired) electrons. The van der Waals surface area contributed by atoms with Gasteiger partial charge in [-0.1, -0.05) is 52.3 Å². The molecule has 0 aliphatic heterocycles. The minimum Gasteiger partial charge on any atom is -0.495 e. The number of carbonyl (C=O) groups excluding carboxylic acids is 1. The summed E-state index contributed by atoms with van der Waals surface area (Å²) in [6.07, 6.45) is -0.401. The Morgan fingerprint density at radius 2 is 1.68 bits per heavy atom. The zero-order chi connectivity index (χ0) is 27.9. The Kier molecular flexibility index (Phi) is 9.67. The van der Waals surface area contributed by atoms with Gasteiger partial charge in [-0.2, -0.15) is 0 Å². The maximum Gasteiger partial charge on any atom is 0.410 e. The van der Waals surface area contributed by atoms with Crippen LogP contribution < -0.4 is 14.4 Å². The lowest BCUT2D eigenvalue weighted by molar-refractivity contribution is 0.0303. The molecule has 0 aromatic heterocycles. The smallest absolute Gasteiger partial charge is 0.410 e. The molecular weight excluding hydrogens is 570 g/mol. The first-order chi connectivity index (χ1) is 17.9. The van der Waals surface area contributed by atoms with Gasteiger partial charge in [-0.25, -0.2) is 13.2 Å². The van der Waals surface area contributed by atoms with Gasteiger partial charge in [-0.05, 0) is 62.7 Å². The molecule has 1 N–H and O–H groups in total. The van der Waals surface area contributed by atoms with Gasteiger partial charge in [0, 0.05) is 36.8 Å². The maximum atomic E-state index is 13.2. The molecule has 3 aromatic carbocycles. The third-order valence-electron chi connectivity index (χ3n) is 5.51. The van der Waals surface area contributed by atoms with Gasteiger partial charge in [0.15, 0.2) is 0 Å². The molecule has 1 amide bonds. The summed E-state index contributed by atoms with van der Waals surface area (Å²) in [5.74, 6) is 0.243. The van der Waals surface area contributed by atoms with Crippen molar-refractivity contribution in [2.45, 2.75) is 37.8 Å². The molecular formula is C28H34BrN3O5S. The van der Waals surface area contributed by atoms with Crippen molar-refractivity contribution in [3.63, 3.8) is 0 Å².